The first-order valence-electron chi connectivity index (χ1n) is 4.90. The lowest BCUT2D eigenvalue weighted by molar-refractivity contribution is 0.188. The summed E-state index contributed by atoms with van der Waals surface area (Å²) < 4.78 is 0. The summed E-state index contributed by atoms with van der Waals surface area (Å²) in [5.74, 6) is 0.316. The number of phenols is 1. The Labute approximate surface area is 88.0 Å². The van der Waals surface area contributed by atoms with Crippen molar-refractivity contribution >= 4 is 11.8 Å². The molecule has 0 radical (unpaired) electrons. The summed E-state index contributed by atoms with van der Waals surface area (Å²) in [4.78, 5) is 0.874. The van der Waals surface area contributed by atoms with Crippen molar-refractivity contribution in [3.05, 3.63) is 24.3 Å². The number of benzene rings is 1. The van der Waals surface area contributed by atoms with E-state index in [9.17, 15) is 10.2 Å². The third-order valence-corrected chi connectivity index (χ3v) is 4.01. The molecule has 1 fully saturated rings. The van der Waals surface area contributed by atoms with Gasteiger partial charge in [0, 0.05) is 10.1 Å². The number of phenolic OH excluding ortho intramolecular Hbond substituents is 1. The Hall–Kier alpha value is -0.670. The zero-order valence-electron chi connectivity index (χ0n) is 7.89. The number of thioether (sulfide) groups is 1. The quantitative estimate of drug-likeness (QED) is 0.787. The van der Waals surface area contributed by atoms with Crippen LogP contribution < -0.4 is 0 Å². The zero-order chi connectivity index (χ0) is 9.97. The molecule has 1 aromatic rings. The number of hydrogen-bond acceptors (Lipinski definition) is 3. The van der Waals surface area contributed by atoms with Gasteiger partial charge in [0.05, 0.1) is 6.10 Å². The first-order chi connectivity index (χ1) is 6.77. The minimum Gasteiger partial charge on any atom is -0.507 e. The molecule has 0 heterocycles. The van der Waals surface area contributed by atoms with Gasteiger partial charge in [-0.3, -0.25) is 0 Å². The predicted octanol–water partition coefficient (Wildman–Crippen LogP) is 2.40. The number of para-hydroxylation sites is 1. The van der Waals surface area contributed by atoms with Gasteiger partial charge in [0.15, 0.2) is 0 Å². The van der Waals surface area contributed by atoms with E-state index in [-0.39, 0.29) is 11.4 Å². The van der Waals surface area contributed by atoms with Crippen LogP contribution in [0, 0.1) is 0 Å². The van der Waals surface area contributed by atoms with Crippen LogP contribution in [0.4, 0.5) is 0 Å². The lowest BCUT2D eigenvalue weighted by atomic mass is 10.3. The largest absolute Gasteiger partial charge is 0.507 e. The third kappa shape index (κ3) is 2.04. The summed E-state index contributed by atoms with van der Waals surface area (Å²) in [5, 5.41) is 19.4. The molecule has 1 aromatic carbocycles. The van der Waals surface area contributed by atoms with Gasteiger partial charge in [0.2, 0.25) is 0 Å². The van der Waals surface area contributed by atoms with Gasteiger partial charge in [0.1, 0.15) is 5.75 Å². The summed E-state index contributed by atoms with van der Waals surface area (Å²) in [6.45, 7) is 0. The van der Waals surface area contributed by atoms with Crippen LogP contribution in [0.2, 0.25) is 0 Å². The van der Waals surface area contributed by atoms with E-state index in [4.69, 9.17) is 0 Å². The second-order valence-electron chi connectivity index (χ2n) is 3.62. The average Bonchev–Trinajstić information content (AvgIpc) is 2.56. The number of aliphatic hydroxyl groups excluding tert-OH is 1. The Morgan fingerprint density at radius 2 is 2.00 bits per heavy atom. The summed E-state index contributed by atoms with van der Waals surface area (Å²) in [6, 6.07) is 7.29. The van der Waals surface area contributed by atoms with Crippen molar-refractivity contribution in [1.29, 1.82) is 0 Å². The Kier molecular flexibility index (Phi) is 2.99. The molecule has 0 spiro atoms. The van der Waals surface area contributed by atoms with Crippen molar-refractivity contribution in [3.8, 4) is 5.75 Å². The fourth-order valence-corrected chi connectivity index (χ4v) is 3.01. The van der Waals surface area contributed by atoms with E-state index >= 15 is 0 Å². The molecule has 0 aliphatic heterocycles. The minimum atomic E-state index is -0.209. The molecule has 0 amide bonds. The van der Waals surface area contributed by atoms with E-state index in [1.165, 1.54) is 0 Å². The first-order valence-corrected chi connectivity index (χ1v) is 5.78. The maximum Gasteiger partial charge on any atom is 0.129 e. The van der Waals surface area contributed by atoms with Gasteiger partial charge >= 0.3 is 0 Å². The van der Waals surface area contributed by atoms with Crippen molar-refractivity contribution in [1.82, 2.24) is 0 Å². The van der Waals surface area contributed by atoms with Gasteiger partial charge in [-0.1, -0.05) is 12.1 Å². The van der Waals surface area contributed by atoms with Gasteiger partial charge in [-0.25, -0.2) is 0 Å². The highest BCUT2D eigenvalue weighted by molar-refractivity contribution is 8.00. The molecule has 76 valence electrons. The Morgan fingerprint density at radius 1 is 1.21 bits per heavy atom. The maximum atomic E-state index is 9.64. The highest BCUT2D eigenvalue weighted by Gasteiger charge is 2.26. The van der Waals surface area contributed by atoms with Crippen LogP contribution in [0.5, 0.6) is 5.75 Å². The van der Waals surface area contributed by atoms with E-state index in [1.54, 1.807) is 17.8 Å². The molecule has 1 aliphatic rings. The van der Waals surface area contributed by atoms with E-state index in [0.29, 0.717) is 5.75 Å². The van der Waals surface area contributed by atoms with Crippen LogP contribution in [0.25, 0.3) is 0 Å². The zero-order valence-corrected chi connectivity index (χ0v) is 8.70. The van der Waals surface area contributed by atoms with Crippen molar-refractivity contribution in [2.24, 2.45) is 0 Å². The van der Waals surface area contributed by atoms with Gasteiger partial charge in [-0.2, -0.15) is 0 Å². The molecule has 2 nitrogen and oxygen atoms in total. The van der Waals surface area contributed by atoms with Crippen molar-refractivity contribution in [2.45, 2.75) is 35.5 Å². The highest BCUT2D eigenvalue weighted by Crippen LogP contribution is 2.38. The standard InChI is InChI=1S/C11H14O2S/c12-8-4-1-2-6-10(8)14-11-7-3-5-9(11)13/h1-2,4,6,9,11-13H,3,5,7H2/t9-,11-/m1/s1. The summed E-state index contributed by atoms with van der Waals surface area (Å²) in [5.41, 5.74) is 0. The fraction of sp³-hybridized carbons (Fsp3) is 0.455. The SMILES string of the molecule is Oc1ccccc1S[C@@H]1CCC[C@H]1O. The third-order valence-electron chi connectivity index (χ3n) is 2.56. The topological polar surface area (TPSA) is 40.5 Å². The van der Waals surface area contributed by atoms with Crippen LogP contribution in [0.3, 0.4) is 0 Å². The van der Waals surface area contributed by atoms with Crippen molar-refractivity contribution in [2.75, 3.05) is 0 Å². The number of rotatable bonds is 2. The summed E-state index contributed by atoms with van der Waals surface area (Å²) in [7, 11) is 0. The number of hydrogen-bond donors (Lipinski definition) is 2. The Balaban J connectivity index is 2.07. The number of aromatic hydroxyl groups is 1. The molecule has 2 atom stereocenters. The lowest BCUT2D eigenvalue weighted by Gasteiger charge is -2.14. The van der Waals surface area contributed by atoms with Crippen LogP contribution in [-0.2, 0) is 0 Å². The number of aliphatic hydroxyl groups is 1. The monoisotopic (exact) mass is 210 g/mol. The molecule has 1 aliphatic carbocycles. The normalized spacial score (nSPS) is 26.6. The van der Waals surface area contributed by atoms with E-state index < -0.39 is 0 Å². The van der Waals surface area contributed by atoms with Crippen LogP contribution in [0.1, 0.15) is 19.3 Å². The smallest absolute Gasteiger partial charge is 0.129 e. The van der Waals surface area contributed by atoms with Gasteiger partial charge in [-0.15, -0.1) is 11.8 Å². The second kappa shape index (κ2) is 4.24. The van der Waals surface area contributed by atoms with Crippen LogP contribution in [-0.4, -0.2) is 21.6 Å². The molecular weight excluding hydrogens is 196 g/mol. The van der Waals surface area contributed by atoms with E-state index in [2.05, 4.69) is 0 Å². The van der Waals surface area contributed by atoms with Gasteiger partial charge < -0.3 is 10.2 Å². The molecule has 0 aromatic heterocycles. The van der Waals surface area contributed by atoms with E-state index in [0.717, 1.165) is 24.2 Å². The fourth-order valence-electron chi connectivity index (χ4n) is 1.76. The highest BCUT2D eigenvalue weighted by atomic mass is 32.2. The van der Waals surface area contributed by atoms with Crippen LogP contribution in [0.15, 0.2) is 29.2 Å². The molecule has 0 saturated heterocycles. The van der Waals surface area contributed by atoms with Crippen molar-refractivity contribution < 1.29 is 10.2 Å². The molecule has 2 N–H and O–H groups in total. The molecule has 3 heteroatoms. The molecule has 1 saturated carbocycles. The minimum absolute atomic E-state index is 0.209. The van der Waals surface area contributed by atoms with Crippen molar-refractivity contribution in [3.63, 3.8) is 0 Å². The predicted molar refractivity (Wildman–Crippen MR) is 57.6 cm³/mol. The van der Waals surface area contributed by atoms with Gasteiger partial charge in [-0.05, 0) is 31.4 Å². The Morgan fingerprint density at radius 3 is 2.64 bits per heavy atom. The van der Waals surface area contributed by atoms with Crippen LogP contribution >= 0.6 is 11.8 Å². The molecule has 14 heavy (non-hydrogen) atoms. The first kappa shape index (κ1) is 9.87. The molecular formula is C11H14O2S. The Bertz CT molecular complexity index is 314. The molecule has 0 bridgehead atoms. The summed E-state index contributed by atoms with van der Waals surface area (Å²) in [6.07, 6.45) is 2.82. The molecule has 0 unspecified atom stereocenters. The summed E-state index contributed by atoms with van der Waals surface area (Å²) >= 11 is 1.59. The maximum absolute atomic E-state index is 9.64. The second-order valence-corrected chi connectivity index (χ2v) is 4.90. The van der Waals surface area contributed by atoms with E-state index in [1.807, 2.05) is 18.2 Å². The lowest BCUT2D eigenvalue weighted by Crippen LogP contribution is -2.14. The average molecular weight is 210 g/mol. The molecule has 2 rings (SSSR count). The van der Waals surface area contributed by atoms with Gasteiger partial charge in [0.25, 0.3) is 0 Å².